The van der Waals surface area contributed by atoms with Gasteiger partial charge in [0.2, 0.25) is 0 Å². The number of nitrogens with one attached hydrogen (secondary N) is 3. The second kappa shape index (κ2) is 5.34. The molecule has 2 aromatic heterocycles. The van der Waals surface area contributed by atoms with Crippen LogP contribution in [0.4, 0.5) is 5.69 Å². The van der Waals surface area contributed by atoms with Crippen molar-refractivity contribution >= 4 is 17.0 Å². The standard InChI is InChI=1S/C14H14N4OS/c1-9-8-20-14(16-9)7-15-11-4-2-10(3-5-11)12-6-13(19)18-17-12/h2-6,8,15H,7H2,1H3,(H2,17,18,19). The Kier molecular flexibility index (Phi) is 3.39. The zero-order valence-corrected chi connectivity index (χ0v) is 11.8. The number of H-pyrrole nitrogens is 2. The fourth-order valence-electron chi connectivity index (χ4n) is 1.92. The van der Waals surface area contributed by atoms with Gasteiger partial charge in [-0.25, -0.2) is 4.98 Å². The van der Waals surface area contributed by atoms with Gasteiger partial charge in [0.1, 0.15) is 5.01 Å². The fourth-order valence-corrected chi connectivity index (χ4v) is 2.63. The summed E-state index contributed by atoms with van der Waals surface area (Å²) in [6.07, 6.45) is 0. The van der Waals surface area contributed by atoms with Crippen LogP contribution in [-0.4, -0.2) is 15.2 Å². The van der Waals surface area contributed by atoms with Crippen LogP contribution in [0.15, 0.2) is 40.5 Å². The van der Waals surface area contributed by atoms with Crippen LogP contribution in [0.2, 0.25) is 0 Å². The third-order valence-electron chi connectivity index (χ3n) is 2.90. The van der Waals surface area contributed by atoms with E-state index < -0.39 is 0 Å². The summed E-state index contributed by atoms with van der Waals surface area (Å²) in [5.41, 5.74) is 3.72. The van der Waals surface area contributed by atoms with E-state index >= 15 is 0 Å². The summed E-state index contributed by atoms with van der Waals surface area (Å²) in [6, 6.07) is 9.45. The summed E-state index contributed by atoms with van der Waals surface area (Å²) < 4.78 is 0. The van der Waals surface area contributed by atoms with E-state index in [1.54, 1.807) is 17.4 Å². The van der Waals surface area contributed by atoms with Crippen molar-refractivity contribution in [1.29, 1.82) is 0 Å². The molecule has 0 aliphatic rings. The lowest BCUT2D eigenvalue weighted by atomic mass is 10.1. The molecule has 3 rings (SSSR count). The average molecular weight is 286 g/mol. The predicted octanol–water partition coefficient (Wildman–Crippen LogP) is 2.75. The van der Waals surface area contributed by atoms with E-state index in [1.807, 2.05) is 36.6 Å². The van der Waals surface area contributed by atoms with Crippen LogP contribution in [-0.2, 0) is 6.54 Å². The molecular formula is C14H14N4OS. The predicted molar refractivity (Wildman–Crippen MR) is 81.0 cm³/mol. The summed E-state index contributed by atoms with van der Waals surface area (Å²) in [4.78, 5) is 15.5. The molecule has 2 heterocycles. The molecule has 6 heteroatoms. The second-order valence-electron chi connectivity index (χ2n) is 4.49. The van der Waals surface area contributed by atoms with Crippen molar-refractivity contribution in [1.82, 2.24) is 15.2 Å². The van der Waals surface area contributed by atoms with Crippen LogP contribution >= 0.6 is 11.3 Å². The lowest BCUT2D eigenvalue weighted by molar-refractivity contribution is 1.06. The largest absolute Gasteiger partial charge is 0.379 e. The maximum atomic E-state index is 11.1. The molecule has 3 N–H and O–H groups in total. The molecule has 102 valence electrons. The molecule has 5 nitrogen and oxygen atoms in total. The van der Waals surface area contributed by atoms with Gasteiger partial charge in [0.15, 0.2) is 0 Å². The first-order valence-corrected chi connectivity index (χ1v) is 7.12. The van der Waals surface area contributed by atoms with Gasteiger partial charge in [0, 0.05) is 22.8 Å². The van der Waals surface area contributed by atoms with Gasteiger partial charge in [-0.3, -0.25) is 15.0 Å². The van der Waals surface area contributed by atoms with Crippen LogP contribution in [0.3, 0.4) is 0 Å². The summed E-state index contributed by atoms with van der Waals surface area (Å²) in [6.45, 7) is 2.71. The van der Waals surface area contributed by atoms with Gasteiger partial charge in [0.05, 0.1) is 12.2 Å². The lowest BCUT2D eigenvalue weighted by Crippen LogP contribution is -1.98. The number of nitrogens with zero attached hydrogens (tertiary/aromatic N) is 1. The second-order valence-corrected chi connectivity index (χ2v) is 5.43. The molecule has 0 fully saturated rings. The summed E-state index contributed by atoms with van der Waals surface area (Å²) in [5, 5.41) is 11.8. The van der Waals surface area contributed by atoms with E-state index in [9.17, 15) is 4.79 Å². The first kappa shape index (κ1) is 12.7. The highest BCUT2D eigenvalue weighted by molar-refractivity contribution is 7.09. The molecule has 0 atom stereocenters. The Balaban J connectivity index is 1.68. The molecule has 0 unspecified atom stereocenters. The molecule has 0 radical (unpaired) electrons. The SMILES string of the molecule is Cc1csc(CNc2ccc(-c3cc(=O)[nH][nH]3)cc2)n1. The molecule has 0 saturated heterocycles. The van der Waals surface area contributed by atoms with Crippen molar-refractivity contribution < 1.29 is 0 Å². The molecule has 1 aromatic carbocycles. The van der Waals surface area contributed by atoms with Crippen molar-refractivity contribution in [2.45, 2.75) is 13.5 Å². The number of anilines is 1. The number of aryl methyl sites for hydroxylation is 1. The number of thiazole rings is 1. The number of hydrogen-bond acceptors (Lipinski definition) is 4. The summed E-state index contributed by atoms with van der Waals surface area (Å²) in [5.74, 6) is 0. The van der Waals surface area contributed by atoms with Gasteiger partial charge in [0.25, 0.3) is 5.56 Å². The zero-order valence-electron chi connectivity index (χ0n) is 10.9. The van der Waals surface area contributed by atoms with E-state index in [0.29, 0.717) is 0 Å². The van der Waals surface area contributed by atoms with Gasteiger partial charge >= 0.3 is 0 Å². The van der Waals surface area contributed by atoms with Crippen LogP contribution in [0.25, 0.3) is 11.3 Å². The number of aromatic amines is 2. The minimum absolute atomic E-state index is 0.124. The first-order chi connectivity index (χ1) is 9.70. The minimum Gasteiger partial charge on any atom is -0.379 e. The van der Waals surface area contributed by atoms with Crippen LogP contribution in [0.5, 0.6) is 0 Å². The molecule has 0 aliphatic heterocycles. The van der Waals surface area contributed by atoms with Gasteiger partial charge < -0.3 is 5.32 Å². The van der Waals surface area contributed by atoms with E-state index in [1.165, 1.54) is 0 Å². The number of rotatable bonds is 4. The Morgan fingerprint density at radius 2 is 2.05 bits per heavy atom. The molecular weight excluding hydrogens is 272 g/mol. The Hall–Kier alpha value is -2.34. The van der Waals surface area contributed by atoms with Crippen molar-refractivity contribution in [2.75, 3.05) is 5.32 Å². The molecule has 3 aromatic rings. The first-order valence-electron chi connectivity index (χ1n) is 6.24. The molecule has 0 aliphatic carbocycles. The number of benzene rings is 1. The van der Waals surface area contributed by atoms with E-state index in [0.717, 1.165) is 34.2 Å². The highest BCUT2D eigenvalue weighted by atomic mass is 32.1. The lowest BCUT2D eigenvalue weighted by Gasteiger charge is -2.05. The van der Waals surface area contributed by atoms with Gasteiger partial charge in [-0.2, -0.15) is 0 Å². The van der Waals surface area contributed by atoms with Crippen LogP contribution in [0.1, 0.15) is 10.7 Å². The minimum atomic E-state index is -0.124. The highest BCUT2D eigenvalue weighted by Gasteiger charge is 2.02. The molecule has 0 bridgehead atoms. The third-order valence-corrected chi connectivity index (χ3v) is 3.87. The topological polar surface area (TPSA) is 73.6 Å². The maximum absolute atomic E-state index is 11.1. The van der Waals surface area contributed by atoms with Crippen molar-refractivity contribution in [2.24, 2.45) is 0 Å². The van der Waals surface area contributed by atoms with Crippen LogP contribution in [0, 0.1) is 6.92 Å². The molecule has 0 spiro atoms. The monoisotopic (exact) mass is 286 g/mol. The quantitative estimate of drug-likeness (QED) is 0.690. The van der Waals surface area contributed by atoms with Crippen molar-refractivity contribution in [3.8, 4) is 11.3 Å². The Labute approximate surface area is 119 Å². The Morgan fingerprint density at radius 3 is 2.65 bits per heavy atom. The number of hydrogen-bond donors (Lipinski definition) is 3. The molecule has 0 saturated carbocycles. The van der Waals surface area contributed by atoms with Crippen molar-refractivity contribution in [3.05, 3.63) is 56.8 Å². The van der Waals surface area contributed by atoms with E-state index in [-0.39, 0.29) is 5.56 Å². The van der Waals surface area contributed by atoms with E-state index in [4.69, 9.17) is 0 Å². The summed E-state index contributed by atoms with van der Waals surface area (Å²) >= 11 is 1.65. The normalized spacial score (nSPS) is 10.7. The van der Waals surface area contributed by atoms with Crippen molar-refractivity contribution in [3.63, 3.8) is 0 Å². The molecule has 20 heavy (non-hydrogen) atoms. The third kappa shape index (κ3) is 2.80. The highest BCUT2D eigenvalue weighted by Crippen LogP contribution is 2.19. The van der Waals surface area contributed by atoms with Crippen LogP contribution < -0.4 is 10.9 Å². The smallest absolute Gasteiger partial charge is 0.264 e. The van der Waals surface area contributed by atoms with Gasteiger partial charge in [-0.15, -0.1) is 11.3 Å². The van der Waals surface area contributed by atoms with Gasteiger partial charge in [-0.05, 0) is 24.6 Å². The average Bonchev–Trinajstić information content (AvgIpc) is 3.06. The maximum Gasteiger partial charge on any atom is 0.264 e. The Bertz CT molecular complexity index is 754. The zero-order chi connectivity index (χ0) is 13.9. The fraction of sp³-hybridized carbons (Fsp3) is 0.143. The number of aromatic nitrogens is 3. The van der Waals surface area contributed by atoms with E-state index in [2.05, 4.69) is 20.5 Å². The summed E-state index contributed by atoms with van der Waals surface area (Å²) in [7, 11) is 0. The Morgan fingerprint density at radius 1 is 1.25 bits per heavy atom. The molecule has 0 amide bonds. The van der Waals surface area contributed by atoms with Gasteiger partial charge in [-0.1, -0.05) is 12.1 Å².